The number of nitrogens with one attached hydrogen (secondary N) is 2. The van der Waals surface area contributed by atoms with E-state index in [1.165, 1.54) is 0 Å². The van der Waals surface area contributed by atoms with E-state index in [1.807, 2.05) is 43.3 Å². The van der Waals surface area contributed by atoms with Gasteiger partial charge in [-0.05, 0) is 31.2 Å². The van der Waals surface area contributed by atoms with Gasteiger partial charge < -0.3 is 15.0 Å². The number of anilines is 2. The topological polar surface area (TPSA) is 100 Å². The van der Waals surface area contributed by atoms with Gasteiger partial charge in [0.15, 0.2) is 5.82 Å². The van der Waals surface area contributed by atoms with Crippen molar-refractivity contribution in [2.45, 2.75) is 13.3 Å². The van der Waals surface area contributed by atoms with Crippen LogP contribution >= 0.6 is 0 Å². The Bertz CT molecular complexity index is 1060. The second kappa shape index (κ2) is 7.75. The van der Waals surface area contributed by atoms with Gasteiger partial charge in [-0.2, -0.15) is 5.10 Å². The predicted octanol–water partition coefficient (Wildman–Crippen LogP) is 2.78. The molecule has 8 nitrogen and oxygen atoms in total. The maximum Gasteiger partial charge on any atom is 0.229 e. The molecule has 1 aromatic heterocycles. The highest BCUT2D eigenvalue weighted by atomic mass is 16.5. The molecule has 0 radical (unpaired) electrons. The second-order valence-electron chi connectivity index (χ2n) is 6.92. The third kappa shape index (κ3) is 3.96. The van der Waals surface area contributed by atoms with Gasteiger partial charge in [0.2, 0.25) is 11.8 Å². The third-order valence-electron chi connectivity index (χ3n) is 4.85. The maximum absolute atomic E-state index is 12.8. The molecular formula is C21H21N5O3. The molecule has 0 bridgehead atoms. The molecule has 148 valence electrons. The first-order valence-electron chi connectivity index (χ1n) is 9.28. The van der Waals surface area contributed by atoms with Gasteiger partial charge >= 0.3 is 0 Å². The van der Waals surface area contributed by atoms with Crippen LogP contribution in [-0.2, 0) is 9.59 Å². The Kier molecular flexibility index (Phi) is 4.99. The number of aromatic nitrogens is 3. The lowest BCUT2D eigenvalue weighted by atomic mass is 10.1. The molecule has 2 amide bonds. The Morgan fingerprint density at radius 1 is 1.24 bits per heavy atom. The van der Waals surface area contributed by atoms with Crippen molar-refractivity contribution in [2.75, 3.05) is 23.9 Å². The number of carbonyl (C=O) groups excluding carboxylic acids is 2. The molecule has 0 spiro atoms. The summed E-state index contributed by atoms with van der Waals surface area (Å²) in [5.74, 6) is 1.26. The minimum atomic E-state index is -0.428. The van der Waals surface area contributed by atoms with E-state index < -0.39 is 5.92 Å². The minimum absolute atomic E-state index is 0.0802. The summed E-state index contributed by atoms with van der Waals surface area (Å²) in [6.45, 7) is 2.16. The number of hydrogen-bond donors (Lipinski definition) is 2. The van der Waals surface area contributed by atoms with Crippen LogP contribution in [0.15, 0.2) is 48.5 Å². The lowest BCUT2D eigenvalue weighted by Gasteiger charge is -2.17. The quantitative estimate of drug-likeness (QED) is 0.697. The Morgan fingerprint density at radius 2 is 2.07 bits per heavy atom. The van der Waals surface area contributed by atoms with Gasteiger partial charge in [0, 0.05) is 36.0 Å². The SMILES string of the molecule is COc1cccc(N2CC(C(=O)Nc3cccc(-c4n[nH]c(C)n4)c3)CC2=O)c1. The number of benzene rings is 2. The summed E-state index contributed by atoms with van der Waals surface area (Å²) < 4.78 is 5.22. The number of nitrogens with zero attached hydrogens (tertiary/aromatic N) is 3. The third-order valence-corrected chi connectivity index (χ3v) is 4.85. The van der Waals surface area contributed by atoms with E-state index >= 15 is 0 Å². The van der Waals surface area contributed by atoms with Gasteiger partial charge in [-0.1, -0.05) is 18.2 Å². The number of H-pyrrole nitrogens is 1. The van der Waals surface area contributed by atoms with Gasteiger partial charge in [0.1, 0.15) is 11.6 Å². The zero-order chi connectivity index (χ0) is 20.4. The zero-order valence-corrected chi connectivity index (χ0v) is 16.2. The number of carbonyl (C=O) groups is 2. The Hall–Kier alpha value is -3.68. The van der Waals surface area contributed by atoms with Crippen LogP contribution in [0.2, 0.25) is 0 Å². The normalized spacial score (nSPS) is 16.1. The molecule has 1 unspecified atom stereocenters. The number of rotatable bonds is 5. The lowest BCUT2D eigenvalue weighted by Crippen LogP contribution is -2.28. The first-order chi connectivity index (χ1) is 14.0. The molecule has 1 aliphatic heterocycles. The summed E-state index contributed by atoms with van der Waals surface area (Å²) in [7, 11) is 1.58. The molecule has 4 rings (SSSR count). The van der Waals surface area contributed by atoms with Gasteiger partial charge in [-0.15, -0.1) is 0 Å². The minimum Gasteiger partial charge on any atom is -0.497 e. The maximum atomic E-state index is 12.8. The van der Waals surface area contributed by atoms with Crippen molar-refractivity contribution >= 4 is 23.2 Å². The molecular weight excluding hydrogens is 370 g/mol. The van der Waals surface area contributed by atoms with E-state index in [-0.39, 0.29) is 18.2 Å². The zero-order valence-electron chi connectivity index (χ0n) is 16.2. The van der Waals surface area contributed by atoms with Crippen molar-refractivity contribution in [3.8, 4) is 17.1 Å². The largest absolute Gasteiger partial charge is 0.497 e. The van der Waals surface area contributed by atoms with Crippen LogP contribution < -0.4 is 15.0 Å². The smallest absolute Gasteiger partial charge is 0.229 e. The van der Waals surface area contributed by atoms with E-state index in [4.69, 9.17) is 4.74 Å². The summed E-state index contributed by atoms with van der Waals surface area (Å²) in [5, 5.41) is 9.85. The van der Waals surface area contributed by atoms with E-state index in [9.17, 15) is 9.59 Å². The molecule has 0 aliphatic carbocycles. The molecule has 1 saturated heterocycles. The van der Waals surface area contributed by atoms with Crippen molar-refractivity contribution in [3.63, 3.8) is 0 Å². The molecule has 2 N–H and O–H groups in total. The second-order valence-corrected chi connectivity index (χ2v) is 6.92. The van der Waals surface area contributed by atoms with Crippen molar-refractivity contribution in [3.05, 3.63) is 54.4 Å². The summed E-state index contributed by atoms with van der Waals surface area (Å²) >= 11 is 0. The van der Waals surface area contributed by atoms with Crippen LogP contribution in [0.5, 0.6) is 5.75 Å². The van der Waals surface area contributed by atoms with Gasteiger partial charge in [0.25, 0.3) is 0 Å². The number of aromatic amines is 1. The first kappa shape index (κ1) is 18.7. The highest BCUT2D eigenvalue weighted by molar-refractivity contribution is 6.03. The number of amides is 2. The predicted molar refractivity (Wildman–Crippen MR) is 109 cm³/mol. The molecule has 29 heavy (non-hydrogen) atoms. The molecule has 1 atom stereocenters. The average molecular weight is 391 g/mol. The number of hydrogen-bond acceptors (Lipinski definition) is 5. The summed E-state index contributed by atoms with van der Waals surface area (Å²) in [5.41, 5.74) is 2.17. The fraction of sp³-hybridized carbons (Fsp3) is 0.238. The molecule has 1 aliphatic rings. The van der Waals surface area contributed by atoms with E-state index in [0.29, 0.717) is 23.8 Å². The first-order valence-corrected chi connectivity index (χ1v) is 9.28. The van der Waals surface area contributed by atoms with Crippen molar-refractivity contribution < 1.29 is 14.3 Å². The van der Waals surface area contributed by atoms with Crippen LogP contribution in [0.4, 0.5) is 11.4 Å². The number of aryl methyl sites for hydroxylation is 1. The van der Waals surface area contributed by atoms with Crippen molar-refractivity contribution in [1.82, 2.24) is 15.2 Å². The summed E-state index contributed by atoms with van der Waals surface area (Å²) in [6, 6.07) is 14.6. The Morgan fingerprint density at radius 3 is 2.83 bits per heavy atom. The van der Waals surface area contributed by atoms with E-state index in [0.717, 1.165) is 17.1 Å². The molecule has 1 fully saturated rings. The van der Waals surface area contributed by atoms with Crippen LogP contribution in [0, 0.1) is 12.8 Å². The van der Waals surface area contributed by atoms with Gasteiger partial charge in [-0.25, -0.2) is 4.98 Å². The summed E-state index contributed by atoms with van der Waals surface area (Å²) in [4.78, 5) is 31.2. The Labute approximate surface area is 167 Å². The van der Waals surface area contributed by atoms with E-state index in [1.54, 1.807) is 24.1 Å². The standard InChI is InChI=1S/C21H21N5O3/c1-13-22-20(25-24-13)14-5-3-6-16(9-14)23-21(28)15-10-19(27)26(12-15)17-7-4-8-18(11-17)29-2/h3-9,11,15H,10,12H2,1-2H3,(H,23,28)(H,22,24,25). The average Bonchev–Trinajstić information content (AvgIpc) is 3.34. The summed E-state index contributed by atoms with van der Waals surface area (Å²) in [6.07, 6.45) is 0.169. The molecule has 8 heteroatoms. The van der Waals surface area contributed by atoms with Crippen LogP contribution in [-0.4, -0.2) is 40.7 Å². The van der Waals surface area contributed by atoms with Crippen LogP contribution in [0.1, 0.15) is 12.2 Å². The molecule has 0 saturated carbocycles. The molecule has 2 aromatic carbocycles. The fourth-order valence-electron chi connectivity index (χ4n) is 3.36. The molecule has 2 heterocycles. The number of ether oxygens (including phenoxy) is 1. The molecule has 3 aromatic rings. The highest BCUT2D eigenvalue weighted by Gasteiger charge is 2.35. The van der Waals surface area contributed by atoms with Crippen molar-refractivity contribution in [2.24, 2.45) is 5.92 Å². The van der Waals surface area contributed by atoms with E-state index in [2.05, 4.69) is 20.5 Å². The number of methoxy groups -OCH3 is 1. The van der Waals surface area contributed by atoms with Crippen LogP contribution in [0.3, 0.4) is 0 Å². The Balaban J connectivity index is 1.46. The fourth-order valence-corrected chi connectivity index (χ4v) is 3.36. The lowest BCUT2D eigenvalue weighted by molar-refractivity contribution is -0.122. The highest BCUT2D eigenvalue weighted by Crippen LogP contribution is 2.29. The van der Waals surface area contributed by atoms with Crippen LogP contribution in [0.25, 0.3) is 11.4 Å². The van der Waals surface area contributed by atoms with Gasteiger partial charge in [0.05, 0.1) is 13.0 Å². The van der Waals surface area contributed by atoms with Gasteiger partial charge in [-0.3, -0.25) is 14.7 Å². The van der Waals surface area contributed by atoms with Crippen molar-refractivity contribution in [1.29, 1.82) is 0 Å². The monoisotopic (exact) mass is 391 g/mol.